The Bertz CT molecular complexity index is 250. The van der Waals surface area contributed by atoms with Crippen LogP contribution in [0.3, 0.4) is 0 Å². The van der Waals surface area contributed by atoms with Gasteiger partial charge in [0.15, 0.2) is 0 Å². The molecule has 1 N–H and O–H groups in total. The Morgan fingerprint density at radius 3 is 3.00 bits per heavy atom. The summed E-state index contributed by atoms with van der Waals surface area (Å²) in [6.45, 7) is 6.54. The molecule has 0 aliphatic carbocycles. The molecule has 0 fully saturated rings. The minimum atomic E-state index is 0.698. The second-order valence-electron chi connectivity index (χ2n) is 2.70. The molecule has 0 saturated carbocycles. The molecule has 0 bridgehead atoms. The molecule has 0 aliphatic rings. The minimum Gasteiger partial charge on any atom is -0.493 e. The van der Waals surface area contributed by atoms with Gasteiger partial charge < -0.3 is 10.1 Å². The molecular weight excluding hydrogens is 164 g/mol. The van der Waals surface area contributed by atoms with Gasteiger partial charge in [-0.3, -0.25) is 4.98 Å². The quantitative estimate of drug-likeness (QED) is 0.747. The molecule has 0 saturated heterocycles. The molecule has 0 aliphatic heterocycles. The Hall–Kier alpha value is -1.09. The lowest BCUT2D eigenvalue weighted by molar-refractivity contribution is 0.335. The summed E-state index contributed by atoms with van der Waals surface area (Å²) in [5.41, 5.74) is 1.12. The molecule has 0 unspecified atom stereocenters. The van der Waals surface area contributed by atoms with Gasteiger partial charge in [0.25, 0.3) is 0 Å². The van der Waals surface area contributed by atoms with E-state index in [2.05, 4.69) is 17.2 Å². The zero-order valence-electron chi connectivity index (χ0n) is 8.21. The molecule has 1 heterocycles. The third kappa shape index (κ3) is 3.03. The van der Waals surface area contributed by atoms with E-state index >= 15 is 0 Å². The Labute approximate surface area is 79.1 Å². The number of pyridine rings is 1. The number of hydrogen-bond donors (Lipinski definition) is 1. The number of ether oxygens (including phenoxy) is 1. The molecule has 3 heteroatoms. The molecule has 0 amide bonds. The van der Waals surface area contributed by atoms with Crippen molar-refractivity contribution >= 4 is 0 Å². The van der Waals surface area contributed by atoms with Crippen LogP contribution in [0, 0.1) is 0 Å². The molecule has 0 spiro atoms. The molecule has 1 aromatic rings. The lowest BCUT2D eigenvalue weighted by Gasteiger charge is -2.08. The first-order valence-corrected chi connectivity index (χ1v) is 4.64. The van der Waals surface area contributed by atoms with Crippen LogP contribution in [-0.4, -0.2) is 18.1 Å². The largest absolute Gasteiger partial charge is 0.493 e. The first-order valence-electron chi connectivity index (χ1n) is 4.64. The van der Waals surface area contributed by atoms with Gasteiger partial charge in [0, 0.05) is 24.5 Å². The van der Waals surface area contributed by atoms with Crippen molar-refractivity contribution < 1.29 is 4.74 Å². The third-order valence-electron chi connectivity index (χ3n) is 1.72. The topological polar surface area (TPSA) is 34.2 Å². The van der Waals surface area contributed by atoms with Crippen LogP contribution in [0.1, 0.15) is 19.4 Å². The maximum absolute atomic E-state index is 5.45. The number of hydrogen-bond acceptors (Lipinski definition) is 3. The van der Waals surface area contributed by atoms with E-state index in [9.17, 15) is 0 Å². The fourth-order valence-corrected chi connectivity index (χ4v) is 1.10. The summed E-state index contributed by atoms with van der Waals surface area (Å²) in [6.07, 6.45) is 3.59. The van der Waals surface area contributed by atoms with Crippen molar-refractivity contribution in [3.63, 3.8) is 0 Å². The fourth-order valence-electron chi connectivity index (χ4n) is 1.10. The van der Waals surface area contributed by atoms with Crippen LogP contribution in [0.5, 0.6) is 5.75 Å². The standard InChI is InChI=1S/C10H16N2O/c1-3-11-7-9-8-12-6-5-10(9)13-4-2/h5-6,8,11H,3-4,7H2,1-2H3. The molecule has 13 heavy (non-hydrogen) atoms. The average molecular weight is 180 g/mol. The van der Waals surface area contributed by atoms with E-state index in [1.165, 1.54) is 0 Å². The first-order chi connectivity index (χ1) is 6.38. The van der Waals surface area contributed by atoms with Crippen LogP contribution in [0.2, 0.25) is 0 Å². The summed E-state index contributed by atoms with van der Waals surface area (Å²) in [6, 6.07) is 1.90. The van der Waals surface area contributed by atoms with Gasteiger partial charge in [0.05, 0.1) is 6.61 Å². The minimum absolute atomic E-state index is 0.698. The van der Waals surface area contributed by atoms with Gasteiger partial charge in [-0.1, -0.05) is 6.92 Å². The number of aromatic nitrogens is 1. The number of nitrogens with one attached hydrogen (secondary N) is 1. The van der Waals surface area contributed by atoms with E-state index in [1.54, 1.807) is 6.20 Å². The van der Waals surface area contributed by atoms with Crippen LogP contribution in [0.15, 0.2) is 18.5 Å². The van der Waals surface area contributed by atoms with Crippen LogP contribution < -0.4 is 10.1 Å². The Balaban J connectivity index is 2.66. The third-order valence-corrected chi connectivity index (χ3v) is 1.72. The SMILES string of the molecule is CCNCc1cnccc1OCC. The lowest BCUT2D eigenvalue weighted by atomic mass is 10.2. The highest BCUT2D eigenvalue weighted by molar-refractivity contribution is 5.29. The summed E-state index contributed by atoms with van der Waals surface area (Å²) in [7, 11) is 0. The highest BCUT2D eigenvalue weighted by Gasteiger charge is 2.00. The van der Waals surface area contributed by atoms with Crippen molar-refractivity contribution in [1.82, 2.24) is 10.3 Å². The van der Waals surface area contributed by atoms with Crippen molar-refractivity contribution in [2.45, 2.75) is 20.4 Å². The number of rotatable bonds is 5. The maximum atomic E-state index is 5.45. The van der Waals surface area contributed by atoms with Crippen molar-refractivity contribution in [3.05, 3.63) is 24.0 Å². The summed E-state index contributed by atoms with van der Waals surface area (Å²) < 4.78 is 5.45. The monoisotopic (exact) mass is 180 g/mol. The van der Waals surface area contributed by atoms with Crippen LogP contribution in [0.4, 0.5) is 0 Å². The van der Waals surface area contributed by atoms with Crippen molar-refractivity contribution in [3.8, 4) is 5.75 Å². The predicted molar refractivity (Wildman–Crippen MR) is 52.8 cm³/mol. The van der Waals surface area contributed by atoms with Gasteiger partial charge in [-0.25, -0.2) is 0 Å². The normalized spacial score (nSPS) is 10.0. The molecule has 0 radical (unpaired) electrons. The second kappa shape index (κ2) is 5.54. The molecule has 0 aromatic carbocycles. The summed E-state index contributed by atoms with van der Waals surface area (Å²) >= 11 is 0. The molecular formula is C10H16N2O. The lowest BCUT2D eigenvalue weighted by Crippen LogP contribution is -2.13. The van der Waals surface area contributed by atoms with Gasteiger partial charge in [0.1, 0.15) is 5.75 Å². The highest BCUT2D eigenvalue weighted by atomic mass is 16.5. The Morgan fingerprint density at radius 1 is 1.46 bits per heavy atom. The van der Waals surface area contributed by atoms with Gasteiger partial charge in [-0.15, -0.1) is 0 Å². The van der Waals surface area contributed by atoms with Gasteiger partial charge >= 0.3 is 0 Å². The van der Waals surface area contributed by atoms with Gasteiger partial charge in [-0.05, 0) is 19.5 Å². The van der Waals surface area contributed by atoms with E-state index in [1.807, 2.05) is 19.2 Å². The van der Waals surface area contributed by atoms with Crippen LogP contribution >= 0.6 is 0 Å². The second-order valence-corrected chi connectivity index (χ2v) is 2.70. The van der Waals surface area contributed by atoms with E-state index in [0.29, 0.717) is 6.61 Å². The molecule has 3 nitrogen and oxygen atoms in total. The van der Waals surface area contributed by atoms with Crippen molar-refractivity contribution in [1.29, 1.82) is 0 Å². The molecule has 72 valence electrons. The first kappa shape index (κ1) is 9.99. The van der Waals surface area contributed by atoms with Gasteiger partial charge in [0.2, 0.25) is 0 Å². The van der Waals surface area contributed by atoms with Crippen molar-refractivity contribution in [2.75, 3.05) is 13.2 Å². The summed E-state index contributed by atoms with van der Waals surface area (Å²) in [4.78, 5) is 4.06. The molecule has 1 aromatic heterocycles. The Morgan fingerprint density at radius 2 is 2.31 bits per heavy atom. The molecule has 0 atom stereocenters. The van der Waals surface area contributed by atoms with E-state index < -0.39 is 0 Å². The predicted octanol–water partition coefficient (Wildman–Crippen LogP) is 1.59. The average Bonchev–Trinajstić information content (AvgIpc) is 2.17. The van der Waals surface area contributed by atoms with Crippen LogP contribution in [-0.2, 0) is 6.54 Å². The fraction of sp³-hybridized carbons (Fsp3) is 0.500. The Kier molecular flexibility index (Phi) is 4.26. The zero-order chi connectivity index (χ0) is 9.52. The van der Waals surface area contributed by atoms with Crippen molar-refractivity contribution in [2.24, 2.45) is 0 Å². The highest BCUT2D eigenvalue weighted by Crippen LogP contribution is 2.15. The summed E-state index contributed by atoms with van der Waals surface area (Å²) in [5, 5.41) is 3.24. The van der Waals surface area contributed by atoms with E-state index in [-0.39, 0.29) is 0 Å². The van der Waals surface area contributed by atoms with Crippen LogP contribution in [0.25, 0.3) is 0 Å². The van der Waals surface area contributed by atoms with E-state index in [0.717, 1.165) is 24.4 Å². The smallest absolute Gasteiger partial charge is 0.126 e. The number of nitrogens with zero attached hydrogens (tertiary/aromatic N) is 1. The zero-order valence-corrected chi connectivity index (χ0v) is 8.21. The molecule has 1 rings (SSSR count). The maximum Gasteiger partial charge on any atom is 0.126 e. The summed E-state index contributed by atoms with van der Waals surface area (Å²) in [5.74, 6) is 0.929. The van der Waals surface area contributed by atoms with E-state index in [4.69, 9.17) is 4.74 Å². The van der Waals surface area contributed by atoms with Gasteiger partial charge in [-0.2, -0.15) is 0 Å².